The highest BCUT2D eigenvalue weighted by Gasteiger charge is 2.35. The predicted molar refractivity (Wildman–Crippen MR) is 187 cm³/mol. The van der Waals surface area contributed by atoms with Crippen molar-refractivity contribution < 1.29 is 22.7 Å². The Kier molecular flexibility index (Phi) is 11.4. The third kappa shape index (κ3) is 9.36. The molecule has 0 aromatic heterocycles. The van der Waals surface area contributed by atoms with Crippen molar-refractivity contribution in [2.45, 2.75) is 64.1 Å². The van der Waals surface area contributed by atoms with E-state index in [1.807, 2.05) is 89.2 Å². The Labute approximate surface area is 283 Å². The molecule has 10 heteroatoms. The number of benzene rings is 4. The average Bonchev–Trinajstić information content (AvgIpc) is 3.01. The summed E-state index contributed by atoms with van der Waals surface area (Å²) in [5.74, 6) is -0.542. The van der Waals surface area contributed by atoms with Crippen LogP contribution in [0.1, 0.15) is 43.0 Å². The molecule has 2 amide bonds. The number of carbonyl (C=O) groups excluding carboxylic acids is 2. The molecular weight excluding hydrogens is 634 g/mol. The summed E-state index contributed by atoms with van der Waals surface area (Å²) in [6.07, 6.45) is 0.222. The van der Waals surface area contributed by atoms with Gasteiger partial charge in [0.05, 0.1) is 22.7 Å². The lowest BCUT2D eigenvalue weighted by molar-refractivity contribution is -0.140. The van der Waals surface area contributed by atoms with Crippen LogP contribution in [0, 0.1) is 13.8 Å². The maximum absolute atomic E-state index is 14.6. The summed E-state index contributed by atoms with van der Waals surface area (Å²) >= 11 is 6.46. The number of hydrogen-bond donors (Lipinski definition) is 1. The second-order valence-electron chi connectivity index (χ2n) is 12.6. The number of sulfonamides is 1. The van der Waals surface area contributed by atoms with Gasteiger partial charge in [0, 0.05) is 18.5 Å². The van der Waals surface area contributed by atoms with Crippen LogP contribution >= 0.6 is 11.6 Å². The van der Waals surface area contributed by atoms with Crippen molar-refractivity contribution in [1.82, 2.24) is 10.2 Å². The van der Waals surface area contributed by atoms with Gasteiger partial charge in [-0.25, -0.2) is 8.42 Å². The highest BCUT2D eigenvalue weighted by Crippen LogP contribution is 2.32. The molecule has 0 saturated carbocycles. The van der Waals surface area contributed by atoms with E-state index in [-0.39, 0.29) is 34.5 Å². The standard InChI is InChI=1S/C37H42ClN3O5S/c1-26-15-18-31(19-16-26)47(44,45)41(30-17-20-34(46-6)32(38)23-30)25-35(42)40(24-29-14-10-11-27(2)21-29)33(36(43)39-37(3,4)5)22-28-12-8-7-9-13-28/h7-21,23,33H,22,24-25H2,1-6H3,(H,39,43)/t33-/m1/s1. The van der Waals surface area contributed by atoms with Crippen molar-refractivity contribution >= 4 is 39.1 Å². The zero-order valence-electron chi connectivity index (χ0n) is 27.7. The summed E-state index contributed by atoms with van der Waals surface area (Å²) in [6, 6.07) is 27.1. The van der Waals surface area contributed by atoms with E-state index in [1.54, 1.807) is 24.3 Å². The summed E-state index contributed by atoms with van der Waals surface area (Å²) in [7, 11) is -2.80. The lowest BCUT2D eigenvalue weighted by Gasteiger charge is -2.35. The van der Waals surface area contributed by atoms with Crippen molar-refractivity contribution in [3.63, 3.8) is 0 Å². The molecule has 248 valence electrons. The molecule has 0 heterocycles. The van der Waals surface area contributed by atoms with Gasteiger partial charge in [-0.2, -0.15) is 0 Å². The second-order valence-corrected chi connectivity index (χ2v) is 14.9. The molecule has 0 aliphatic heterocycles. The van der Waals surface area contributed by atoms with Crippen LogP contribution in [-0.2, 0) is 32.6 Å². The molecule has 1 N–H and O–H groups in total. The van der Waals surface area contributed by atoms with Crippen LogP contribution in [0.15, 0.2) is 102 Å². The van der Waals surface area contributed by atoms with Crippen LogP contribution in [-0.4, -0.2) is 50.4 Å². The van der Waals surface area contributed by atoms with Crippen LogP contribution in [0.4, 0.5) is 5.69 Å². The summed E-state index contributed by atoms with van der Waals surface area (Å²) in [4.78, 5) is 30.2. The number of nitrogens with one attached hydrogen (secondary N) is 1. The predicted octanol–water partition coefficient (Wildman–Crippen LogP) is 6.72. The molecule has 0 bridgehead atoms. The van der Waals surface area contributed by atoms with Gasteiger partial charge in [-0.15, -0.1) is 0 Å². The molecular formula is C37H42ClN3O5S. The molecule has 47 heavy (non-hydrogen) atoms. The Morgan fingerprint density at radius 2 is 1.51 bits per heavy atom. The van der Waals surface area contributed by atoms with Crippen LogP contribution < -0.4 is 14.4 Å². The van der Waals surface area contributed by atoms with Gasteiger partial charge in [0.1, 0.15) is 18.3 Å². The van der Waals surface area contributed by atoms with Crippen LogP contribution in [0.3, 0.4) is 0 Å². The minimum atomic E-state index is -4.26. The van der Waals surface area contributed by atoms with Gasteiger partial charge in [-0.3, -0.25) is 13.9 Å². The molecule has 0 aliphatic carbocycles. The molecule has 4 aromatic carbocycles. The van der Waals surface area contributed by atoms with Gasteiger partial charge in [-0.1, -0.05) is 89.5 Å². The van der Waals surface area contributed by atoms with Gasteiger partial charge in [0.15, 0.2) is 0 Å². The van der Waals surface area contributed by atoms with E-state index in [0.29, 0.717) is 5.75 Å². The molecule has 0 aliphatic rings. The molecule has 4 rings (SSSR count). The average molecular weight is 676 g/mol. The molecule has 8 nitrogen and oxygen atoms in total. The fourth-order valence-electron chi connectivity index (χ4n) is 5.19. The number of halogens is 1. The quantitative estimate of drug-likeness (QED) is 0.180. The summed E-state index contributed by atoms with van der Waals surface area (Å²) < 4.78 is 34.8. The molecule has 0 radical (unpaired) electrons. The van der Waals surface area contributed by atoms with E-state index in [4.69, 9.17) is 16.3 Å². The number of ether oxygens (including phenoxy) is 1. The molecule has 4 aromatic rings. The van der Waals surface area contributed by atoms with Crippen molar-refractivity contribution in [2.24, 2.45) is 0 Å². The monoisotopic (exact) mass is 675 g/mol. The maximum Gasteiger partial charge on any atom is 0.264 e. The second kappa shape index (κ2) is 15.0. The van der Waals surface area contributed by atoms with Crippen LogP contribution in [0.25, 0.3) is 0 Å². The Hall–Kier alpha value is -4.34. The van der Waals surface area contributed by atoms with Crippen molar-refractivity contribution in [3.05, 3.63) is 124 Å². The minimum Gasteiger partial charge on any atom is -0.495 e. The first-order chi connectivity index (χ1) is 22.2. The van der Waals surface area contributed by atoms with E-state index in [0.717, 1.165) is 26.6 Å². The minimum absolute atomic E-state index is 0.0133. The van der Waals surface area contributed by atoms with Crippen molar-refractivity contribution in [2.75, 3.05) is 18.0 Å². The SMILES string of the molecule is COc1ccc(N(CC(=O)N(Cc2cccc(C)c2)[C@H](Cc2ccccc2)C(=O)NC(C)(C)C)S(=O)(=O)c2ccc(C)cc2)cc1Cl. The fourth-order valence-corrected chi connectivity index (χ4v) is 6.85. The molecule has 0 spiro atoms. The van der Waals surface area contributed by atoms with Gasteiger partial charge in [-0.05, 0) is 76.1 Å². The Morgan fingerprint density at radius 1 is 0.851 bits per heavy atom. The number of methoxy groups -OCH3 is 1. The van der Waals surface area contributed by atoms with Gasteiger partial charge in [0.25, 0.3) is 10.0 Å². The molecule has 1 atom stereocenters. The molecule has 0 fully saturated rings. The molecule has 0 unspecified atom stereocenters. The number of anilines is 1. The third-order valence-electron chi connectivity index (χ3n) is 7.52. The fraction of sp³-hybridized carbons (Fsp3) is 0.297. The Balaban J connectivity index is 1.84. The maximum atomic E-state index is 14.6. The lowest BCUT2D eigenvalue weighted by Crippen LogP contribution is -2.56. The Bertz CT molecular complexity index is 1810. The summed E-state index contributed by atoms with van der Waals surface area (Å²) in [6.45, 7) is 8.93. The first-order valence-corrected chi connectivity index (χ1v) is 17.1. The number of amides is 2. The summed E-state index contributed by atoms with van der Waals surface area (Å²) in [5.41, 5.74) is 3.14. The van der Waals surface area contributed by atoms with E-state index >= 15 is 0 Å². The highest BCUT2D eigenvalue weighted by molar-refractivity contribution is 7.92. The number of aryl methyl sites for hydroxylation is 2. The summed E-state index contributed by atoms with van der Waals surface area (Å²) in [5, 5.41) is 3.23. The van der Waals surface area contributed by atoms with E-state index in [9.17, 15) is 18.0 Å². The Morgan fingerprint density at radius 3 is 2.11 bits per heavy atom. The van der Waals surface area contributed by atoms with Crippen molar-refractivity contribution in [1.29, 1.82) is 0 Å². The highest BCUT2D eigenvalue weighted by atomic mass is 35.5. The number of rotatable bonds is 12. The zero-order valence-corrected chi connectivity index (χ0v) is 29.2. The number of carbonyl (C=O) groups is 2. The first-order valence-electron chi connectivity index (χ1n) is 15.3. The normalized spacial score (nSPS) is 12.2. The zero-order chi connectivity index (χ0) is 34.4. The largest absolute Gasteiger partial charge is 0.495 e. The first kappa shape index (κ1) is 35.5. The smallest absolute Gasteiger partial charge is 0.264 e. The van der Waals surface area contributed by atoms with E-state index < -0.39 is 34.1 Å². The number of nitrogens with zero attached hydrogens (tertiary/aromatic N) is 2. The van der Waals surface area contributed by atoms with E-state index in [2.05, 4.69) is 5.32 Å². The van der Waals surface area contributed by atoms with Gasteiger partial charge in [0.2, 0.25) is 11.8 Å². The third-order valence-corrected chi connectivity index (χ3v) is 9.60. The molecule has 0 saturated heterocycles. The van der Waals surface area contributed by atoms with Crippen LogP contribution in [0.2, 0.25) is 5.02 Å². The number of hydrogen-bond acceptors (Lipinski definition) is 5. The van der Waals surface area contributed by atoms with Crippen LogP contribution in [0.5, 0.6) is 5.75 Å². The van der Waals surface area contributed by atoms with Crippen molar-refractivity contribution in [3.8, 4) is 5.75 Å². The topological polar surface area (TPSA) is 96.0 Å². The van der Waals surface area contributed by atoms with Gasteiger partial charge >= 0.3 is 0 Å². The van der Waals surface area contributed by atoms with Gasteiger partial charge < -0.3 is 15.0 Å². The van der Waals surface area contributed by atoms with E-state index in [1.165, 1.54) is 30.2 Å². The lowest BCUT2D eigenvalue weighted by atomic mass is 10.0.